The highest BCUT2D eigenvalue weighted by Crippen LogP contribution is 2.40. The molecule has 0 heterocycles. The minimum absolute atomic E-state index is 0.0878. The highest BCUT2D eigenvalue weighted by atomic mass is 35.5. The van der Waals surface area contributed by atoms with E-state index in [1.54, 1.807) is 6.07 Å². The van der Waals surface area contributed by atoms with E-state index in [0.29, 0.717) is 0 Å². The summed E-state index contributed by atoms with van der Waals surface area (Å²) >= 11 is 11.7. The molecule has 0 spiro atoms. The van der Waals surface area contributed by atoms with Crippen LogP contribution in [0.25, 0.3) is 0 Å². The molecule has 106 valence electrons. The molecule has 0 saturated heterocycles. The molecule has 8 heteroatoms. The van der Waals surface area contributed by atoms with Crippen LogP contribution in [0.3, 0.4) is 0 Å². The van der Waals surface area contributed by atoms with Crippen LogP contribution in [0.2, 0.25) is 10.0 Å². The van der Waals surface area contributed by atoms with Crippen molar-refractivity contribution < 1.29 is 14.1 Å². The maximum Gasteiger partial charge on any atom is 0.272 e. The van der Waals surface area contributed by atoms with Gasteiger partial charge in [-0.3, -0.25) is 10.1 Å². The first-order valence-corrected chi connectivity index (χ1v) is 6.19. The van der Waals surface area contributed by atoms with Crippen LogP contribution >= 0.6 is 23.2 Å². The summed E-state index contributed by atoms with van der Waals surface area (Å²) in [4.78, 5) is 10.0. The number of rotatable bonds is 3. The summed E-state index contributed by atoms with van der Waals surface area (Å²) in [6, 6.07) is 7.56. The van der Waals surface area contributed by atoms with Crippen LogP contribution < -0.4 is 4.74 Å². The number of nitrogens with zero attached hydrogens (tertiary/aromatic N) is 2. The van der Waals surface area contributed by atoms with Crippen LogP contribution in [0.5, 0.6) is 11.5 Å². The van der Waals surface area contributed by atoms with Gasteiger partial charge in [0.15, 0.2) is 5.75 Å². The number of hydrogen-bond donors (Lipinski definition) is 0. The fourth-order valence-corrected chi connectivity index (χ4v) is 2.11. The lowest BCUT2D eigenvalue weighted by Gasteiger charge is -2.10. The van der Waals surface area contributed by atoms with Gasteiger partial charge in [0.2, 0.25) is 0 Å². The SMILES string of the molecule is N#Cc1c(F)cccc1Oc1c(Cl)cc([N+](=O)[O-])cc1Cl. The Balaban J connectivity index is 2.49. The summed E-state index contributed by atoms with van der Waals surface area (Å²) in [5.41, 5.74) is -0.625. The average Bonchev–Trinajstić information content (AvgIpc) is 2.42. The molecule has 21 heavy (non-hydrogen) atoms. The van der Waals surface area contributed by atoms with Crippen molar-refractivity contribution in [1.82, 2.24) is 0 Å². The molecule has 0 bridgehead atoms. The molecule has 0 aromatic heterocycles. The second kappa shape index (κ2) is 5.95. The average molecular weight is 327 g/mol. The highest BCUT2D eigenvalue weighted by molar-refractivity contribution is 6.37. The summed E-state index contributed by atoms with van der Waals surface area (Å²) in [5, 5.41) is 19.3. The molecule has 0 atom stereocenters. The normalized spacial score (nSPS) is 10.0. The van der Waals surface area contributed by atoms with Gasteiger partial charge >= 0.3 is 0 Å². The van der Waals surface area contributed by atoms with Crippen LogP contribution in [0.4, 0.5) is 10.1 Å². The van der Waals surface area contributed by atoms with Crippen LogP contribution in [-0.4, -0.2) is 4.92 Å². The lowest BCUT2D eigenvalue weighted by molar-refractivity contribution is -0.384. The molecule has 0 saturated carbocycles. The van der Waals surface area contributed by atoms with Crippen LogP contribution in [0.15, 0.2) is 30.3 Å². The van der Waals surface area contributed by atoms with Gasteiger partial charge in [-0.25, -0.2) is 4.39 Å². The number of hydrogen-bond acceptors (Lipinski definition) is 4. The number of nitro groups is 1. The lowest BCUT2D eigenvalue weighted by Crippen LogP contribution is -1.94. The number of benzene rings is 2. The Bertz CT molecular complexity index is 751. The molecule has 0 aliphatic heterocycles. The summed E-state index contributed by atoms with van der Waals surface area (Å²) in [7, 11) is 0. The predicted octanol–water partition coefficient (Wildman–Crippen LogP) is 4.70. The molecule has 0 unspecified atom stereocenters. The first kappa shape index (κ1) is 15.0. The Morgan fingerprint density at radius 1 is 1.29 bits per heavy atom. The zero-order valence-electron chi connectivity index (χ0n) is 10.1. The van der Waals surface area contributed by atoms with E-state index in [4.69, 9.17) is 33.2 Å². The van der Waals surface area contributed by atoms with Gasteiger partial charge in [0.25, 0.3) is 5.69 Å². The molecule has 0 aliphatic carbocycles. The smallest absolute Gasteiger partial charge is 0.272 e. The van der Waals surface area contributed by atoms with E-state index < -0.39 is 10.7 Å². The molecule has 2 aromatic rings. The molecule has 0 fully saturated rings. The van der Waals surface area contributed by atoms with Gasteiger partial charge in [0, 0.05) is 12.1 Å². The van der Waals surface area contributed by atoms with E-state index in [2.05, 4.69) is 0 Å². The Hall–Kier alpha value is -2.36. The molecular formula is C13H5Cl2FN2O3. The molecule has 2 rings (SSSR count). The fraction of sp³-hybridized carbons (Fsp3) is 0. The standard InChI is InChI=1S/C13H5Cl2FN2O3/c14-9-4-7(18(19)20)5-10(15)13(9)21-12-3-1-2-11(16)8(12)6-17/h1-5H. The second-order valence-electron chi connectivity index (χ2n) is 3.82. The van der Waals surface area contributed by atoms with E-state index in [9.17, 15) is 14.5 Å². The van der Waals surface area contributed by atoms with Crippen molar-refractivity contribution >= 4 is 28.9 Å². The van der Waals surface area contributed by atoms with Gasteiger partial charge < -0.3 is 4.74 Å². The van der Waals surface area contributed by atoms with Crippen molar-refractivity contribution in [3.8, 4) is 17.6 Å². The van der Waals surface area contributed by atoms with Gasteiger partial charge in [-0.2, -0.15) is 5.26 Å². The number of halogens is 3. The topological polar surface area (TPSA) is 76.2 Å². The molecule has 0 N–H and O–H groups in total. The Morgan fingerprint density at radius 3 is 2.43 bits per heavy atom. The maximum absolute atomic E-state index is 13.5. The van der Waals surface area contributed by atoms with Crippen molar-refractivity contribution in [2.45, 2.75) is 0 Å². The predicted molar refractivity (Wildman–Crippen MR) is 74.3 cm³/mol. The monoisotopic (exact) mass is 326 g/mol. The van der Waals surface area contributed by atoms with E-state index in [1.165, 1.54) is 12.1 Å². The third-order valence-electron chi connectivity index (χ3n) is 2.49. The summed E-state index contributed by atoms with van der Waals surface area (Å²) < 4.78 is 18.8. The van der Waals surface area contributed by atoms with E-state index in [-0.39, 0.29) is 32.8 Å². The number of nitro benzene ring substituents is 1. The third kappa shape index (κ3) is 3.05. The largest absolute Gasteiger partial charge is 0.453 e. The Morgan fingerprint density at radius 2 is 1.90 bits per heavy atom. The number of ether oxygens (including phenoxy) is 1. The van der Waals surface area contributed by atoms with Gasteiger partial charge in [0.05, 0.1) is 15.0 Å². The van der Waals surface area contributed by atoms with Gasteiger partial charge in [0.1, 0.15) is 23.2 Å². The minimum atomic E-state index is -0.760. The molecule has 0 aliphatic rings. The molecule has 0 amide bonds. The molecule has 2 aromatic carbocycles. The van der Waals surface area contributed by atoms with Gasteiger partial charge in [-0.15, -0.1) is 0 Å². The van der Waals surface area contributed by atoms with Crippen LogP contribution in [-0.2, 0) is 0 Å². The van der Waals surface area contributed by atoms with Crippen molar-refractivity contribution in [3.05, 3.63) is 61.9 Å². The number of non-ortho nitro benzene ring substituents is 1. The Labute approximate surface area is 128 Å². The van der Waals surface area contributed by atoms with E-state index >= 15 is 0 Å². The zero-order chi connectivity index (χ0) is 15.6. The Kier molecular flexibility index (Phi) is 4.26. The quantitative estimate of drug-likeness (QED) is 0.604. The molecule has 5 nitrogen and oxygen atoms in total. The lowest BCUT2D eigenvalue weighted by atomic mass is 10.2. The van der Waals surface area contributed by atoms with Crippen molar-refractivity contribution in [2.24, 2.45) is 0 Å². The molecular weight excluding hydrogens is 322 g/mol. The summed E-state index contributed by atoms with van der Waals surface area (Å²) in [6.07, 6.45) is 0. The van der Waals surface area contributed by atoms with E-state index in [0.717, 1.165) is 18.2 Å². The summed E-state index contributed by atoms with van der Waals surface area (Å²) in [6.45, 7) is 0. The zero-order valence-corrected chi connectivity index (χ0v) is 11.7. The summed E-state index contributed by atoms with van der Waals surface area (Å²) in [5.74, 6) is -0.939. The second-order valence-corrected chi connectivity index (χ2v) is 4.64. The maximum atomic E-state index is 13.5. The van der Waals surface area contributed by atoms with Crippen molar-refractivity contribution in [2.75, 3.05) is 0 Å². The van der Waals surface area contributed by atoms with Crippen molar-refractivity contribution in [3.63, 3.8) is 0 Å². The number of nitriles is 1. The fourth-order valence-electron chi connectivity index (χ4n) is 1.56. The highest BCUT2D eigenvalue weighted by Gasteiger charge is 2.18. The first-order valence-electron chi connectivity index (χ1n) is 5.44. The minimum Gasteiger partial charge on any atom is -0.453 e. The van der Waals surface area contributed by atoms with E-state index in [1.807, 2.05) is 0 Å². The van der Waals surface area contributed by atoms with Gasteiger partial charge in [-0.1, -0.05) is 29.3 Å². The van der Waals surface area contributed by atoms with Gasteiger partial charge in [-0.05, 0) is 12.1 Å². The molecule has 0 radical (unpaired) electrons. The third-order valence-corrected chi connectivity index (χ3v) is 3.05. The first-order chi connectivity index (χ1) is 9.93. The van der Waals surface area contributed by atoms with Crippen molar-refractivity contribution in [1.29, 1.82) is 5.26 Å². The van der Waals surface area contributed by atoms with Crippen LogP contribution in [0.1, 0.15) is 5.56 Å². The van der Waals surface area contributed by atoms with Crippen LogP contribution in [0, 0.1) is 27.3 Å².